The molecule has 0 atom stereocenters. The summed E-state index contributed by atoms with van der Waals surface area (Å²) in [6.07, 6.45) is 0.521. The number of nitrogens with one attached hydrogen (secondary N) is 3. The second-order valence-corrected chi connectivity index (χ2v) is 21.4. The highest BCUT2D eigenvalue weighted by atomic mass is 35.5. The van der Waals surface area contributed by atoms with E-state index in [0.717, 1.165) is 17.7 Å². The van der Waals surface area contributed by atoms with Gasteiger partial charge in [0.2, 0.25) is 5.91 Å². The minimum absolute atomic E-state index is 0.000860. The first-order valence-electron chi connectivity index (χ1n) is 23.2. The molecule has 2 aliphatic heterocycles. The van der Waals surface area contributed by atoms with Crippen molar-refractivity contribution in [3.8, 4) is 28.4 Å². The molecule has 1 aromatic heterocycles. The van der Waals surface area contributed by atoms with E-state index in [1.165, 1.54) is 30.3 Å². The largest absolute Gasteiger partial charge is 0.453 e. The molecule has 3 heterocycles. The highest BCUT2D eigenvalue weighted by Gasteiger charge is 2.56. The smallest absolute Gasteiger partial charge is 0.340 e. The third kappa shape index (κ3) is 10.4. The van der Waals surface area contributed by atoms with Crippen LogP contribution in [0.1, 0.15) is 80.1 Å². The predicted molar refractivity (Wildman–Crippen MR) is 280 cm³/mol. The van der Waals surface area contributed by atoms with Gasteiger partial charge in [-0.3, -0.25) is 23.5 Å². The molecule has 76 heavy (non-hydrogen) atoms. The van der Waals surface area contributed by atoms with Crippen LogP contribution in [0.5, 0.6) is 11.5 Å². The van der Waals surface area contributed by atoms with E-state index < -0.39 is 87.7 Å². The van der Waals surface area contributed by atoms with Crippen LogP contribution in [-0.4, -0.2) is 104 Å². The fourth-order valence-corrected chi connectivity index (χ4v) is 11.3. The number of nitrogen functional groups attached to an aromatic ring is 2. The van der Waals surface area contributed by atoms with Gasteiger partial charge in [-0.15, -0.1) is 0 Å². The van der Waals surface area contributed by atoms with Gasteiger partial charge >= 0.3 is 5.97 Å². The number of anilines is 2. The second kappa shape index (κ2) is 21.7. The maximum absolute atomic E-state index is 14.0. The fourth-order valence-electron chi connectivity index (χ4n) is 9.14. The van der Waals surface area contributed by atoms with Crippen molar-refractivity contribution in [2.24, 2.45) is 0 Å². The molecule has 400 valence electrons. The van der Waals surface area contributed by atoms with Gasteiger partial charge < -0.3 is 46.4 Å². The molecular weight excluding hydrogens is 1090 g/mol. The number of halogens is 3. The first-order chi connectivity index (χ1) is 36.0. The number of carbonyl (C=O) groups excluding carboxylic acids is 4. The molecule has 0 unspecified atom stereocenters. The lowest BCUT2D eigenvalue weighted by molar-refractivity contribution is -0.128. The van der Waals surface area contributed by atoms with Gasteiger partial charge in [-0.2, -0.15) is 21.9 Å². The lowest BCUT2D eigenvalue weighted by Gasteiger charge is -2.37. The number of esters is 1. The van der Waals surface area contributed by atoms with Crippen molar-refractivity contribution in [3.63, 3.8) is 0 Å². The van der Waals surface area contributed by atoms with Crippen LogP contribution in [0.25, 0.3) is 16.9 Å². The van der Waals surface area contributed by atoms with E-state index in [1.54, 1.807) is 67.9 Å². The summed E-state index contributed by atoms with van der Waals surface area (Å²) in [5.41, 5.74) is 9.28. The molecule has 0 radical (unpaired) electrons. The van der Waals surface area contributed by atoms with Gasteiger partial charge in [0.15, 0.2) is 32.6 Å². The van der Waals surface area contributed by atoms with Crippen LogP contribution in [0.15, 0.2) is 94.7 Å². The van der Waals surface area contributed by atoms with Crippen molar-refractivity contribution >= 4 is 90.1 Å². The van der Waals surface area contributed by atoms with Gasteiger partial charge in [0.1, 0.15) is 5.54 Å². The van der Waals surface area contributed by atoms with E-state index in [4.69, 9.17) is 65.2 Å². The zero-order valence-electron chi connectivity index (χ0n) is 40.5. The van der Waals surface area contributed by atoms with Gasteiger partial charge in [-0.05, 0) is 86.5 Å². The molecule has 3 amide bonds. The van der Waals surface area contributed by atoms with E-state index in [-0.39, 0.29) is 85.9 Å². The number of carbonyl (C=O) groups is 4. The summed E-state index contributed by atoms with van der Waals surface area (Å²) in [4.78, 5) is 52.8. The Morgan fingerprint density at radius 2 is 1.29 bits per heavy atom. The van der Waals surface area contributed by atoms with Gasteiger partial charge in [-0.1, -0.05) is 66.8 Å². The second-order valence-electron chi connectivity index (χ2n) is 17.4. The Morgan fingerprint density at radius 3 is 1.84 bits per heavy atom. The number of nitrogens with two attached hydrogens (primary N) is 2. The van der Waals surface area contributed by atoms with E-state index in [1.807, 2.05) is 0 Å². The van der Waals surface area contributed by atoms with Crippen LogP contribution in [0.3, 0.4) is 0 Å². The number of amides is 3. The molecule has 9 N–H and O–H groups in total. The lowest BCUT2D eigenvalue weighted by Crippen LogP contribution is -2.58. The maximum atomic E-state index is 14.0. The van der Waals surface area contributed by atoms with E-state index in [2.05, 4.69) is 21.0 Å². The quantitative estimate of drug-likeness (QED) is 0.0188. The number of hydrogen-bond acceptors (Lipinski definition) is 15. The summed E-state index contributed by atoms with van der Waals surface area (Å²) in [5.74, 6) is -4.03. The van der Waals surface area contributed by atoms with Crippen molar-refractivity contribution in [2.45, 2.75) is 54.5 Å². The van der Waals surface area contributed by atoms with Crippen LogP contribution in [0.4, 0.5) is 11.4 Å². The number of nitrogens with zero attached hydrogens (tertiary/aromatic N) is 2. The summed E-state index contributed by atoms with van der Waals surface area (Å²) in [6, 6.07) is 20.6. The van der Waals surface area contributed by atoms with Crippen LogP contribution in [-0.2, 0) is 44.8 Å². The molecule has 26 heteroatoms. The van der Waals surface area contributed by atoms with Crippen LogP contribution >= 0.6 is 34.8 Å². The molecule has 0 bridgehead atoms. The number of hydrogen-bond donors (Lipinski definition) is 7. The highest BCUT2D eigenvalue weighted by molar-refractivity contribution is 7.86. The molecule has 0 aliphatic carbocycles. The molecule has 2 aliphatic rings. The Balaban J connectivity index is 0.852. The first-order valence-corrected chi connectivity index (χ1v) is 27.2. The highest BCUT2D eigenvalue weighted by Crippen LogP contribution is 2.60. The minimum atomic E-state index is -5.18. The normalized spacial score (nSPS) is 13.6. The lowest BCUT2D eigenvalue weighted by atomic mass is 9.77. The van der Waals surface area contributed by atoms with Crippen molar-refractivity contribution in [3.05, 3.63) is 139 Å². The van der Waals surface area contributed by atoms with Crippen molar-refractivity contribution in [1.82, 2.24) is 25.7 Å². The summed E-state index contributed by atoms with van der Waals surface area (Å²) < 4.78 is 95.4. The summed E-state index contributed by atoms with van der Waals surface area (Å²) in [6.45, 7) is 5.87. The molecule has 6 aromatic rings. The zero-order chi connectivity index (χ0) is 55.1. The number of fused-ring (bicyclic) bond motifs is 6. The Kier molecular flexibility index (Phi) is 15.8. The van der Waals surface area contributed by atoms with Crippen LogP contribution in [0.2, 0.25) is 15.1 Å². The van der Waals surface area contributed by atoms with Crippen molar-refractivity contribution in [1.29, 1.82) is 0 Å². The Bertz CT molecular complexity index is 3490. The van der Waals surface area contributed by atoms with E-state index >= 15 is 0 Å². The van der Waals surface area contributed by atoms with Gasteiger partial charge in [0.25, 0.3) is 32.1 Å². The fraction of sp³-hybridized carbons (Fsp3) is 0.260. The van der Waals surface area contributed by atoms with Crippen molar-refractivity contribution < 1.29 is 64.1 Å². The Hall–Kier alpha value is -6.80. The standard InChI is InChI=1S/C50H48Cl3N7O14S2/c1-4-49(5-2,58-46(62)39-26(3)40(27-6-9-29(51)10-7-27)60(59-39)38-17-11-30(52)25-35(38)53)48(64)57-19-21-72-23-22-71-20-18-56-45(61)28-8-12-32-31(24-28)47(63)74-50(32)33-13-15-36(54)43(75(65,66)67)41(33)73-42-34(50)14-16-37(55)44(42)76(68,69)70/h6-17,24-25H,4-5,18-23,54-55H2,1-3H3,(H,56,61)(H,57,64)(H,58,62)(H,65,66,67)(H,68,69,70). The van der Waals surface area contributed by atoms with Gasteiger partial charge in [0.05, 0.1) is 59.8 Å². The number of ether oxygens (including phenoxy) is 4. The molecule has 21 nitrogen and oxygen atoms in total. The molecule has 0 saturated carbocycles. The Morgan fingerprint density at radius 1 is 0.737 bits per heavy atom. The monoisotopic (exact) mass is 1140 g/mol. The molecule has 0 saturated heterocycles. The topological polar surface area (TPSA) is 320 Å². The third-order valence-corrected chi connectivity index (χ3v) is 15.6. The van der Waals surface area contributed by atoms with E-state index in [9.17, 15) is 45.1 Å². The van der Waals surface area contributed by atoms with Gasteiger partial charge in [-0.25, -0.2) is 9.48 Å². The summed E-state index contributed by atoms with van der Waals surface area (Å²) in [5, 5.41) is 14.4. The molecule has 1 spiro atoms. The van der Waals surface area contributed by atoms with Gasteiger partial charge in [0, 0.05) is 56.5 Å². The SMILES string of the molecule is CCC(CC)(NC(=O)c1nn(-c2ccc(Cl)cc2Cl)c(-c2ccc(Cl)cc2)c1C)C(=O)NCCOCCOCCNC(=O)c1ccc2c(c1)C(=O)OC21c2ccc(N)c(S(=O)(=O)O)c2Oc2c1ccc(N)c2S(=O)(=O)O. The van der Waals surface area contributed by atoms with Crippen LogP contribution < -0.4 is 32.2 Å². The van der Waals surface area contributed by atoms with E-state index in [0.29, 0.717) is 32.0 Å². The summed E-state index contributed by atoms with van der Waals surface area (Å²) >= 11 is 19.0. The third-order valence-electron chi connectivity index (χ3n) is 12.9. The molecular formula is C50H48Cl3N7O14S2. The minimum Gasteiger partial charge on any atom is -0.453 e. The number of aromatic nitrogens is 2. The molecule has 8 rings (SSSR count). The zero-order valence-corrected chi connectivity index (χ0v) is 44.4. The molecule has 0 fully saturated rings. The average molecular weight is 1140 g/mol. The number of rotatable bonds is 19. The average Bonchev–Trinajstić information content (AvgIpc) is 3.92. The maximum Gasteiger partial charge on any atom is 0.340 e. The summed E-state index contributed by atoms with van der Waals surface area (Å²) in [7, 11) is -10.4. The Labute approximate surface area is 450 Å². The first kappa shape index (κ1) is 55.4. The molecule has 5 aromatic carbocycles. The predicted octanol–water partition coefficient (Wildman–Crippen LogP) is 6.90. The van der Waals surface area contributed by atoms with Crippen molar-refractivity contribution in [2.75, 3.05) is 51.0 Å². The van der Waals surface area contributed by atoms with Crippen LogP contribution in [0, 0.1) is 6.92 Å². The number of benzene rings is 5.